The number of ether oxygens (including phenoxy) is 1. The molecule has 1 saturated heterocycles. The number of nitrogens with zero attached hydrogens (tertiary/aromatic N) is 2. The van der Waals surface area contributed by atoms with E-state index >= 15 is 0 Å². The SMILES string of the molecule is CC(C)COc1cccc(CNC(=O)NCC2CN(C)CCN2C)c1. The zero-order chi connectivity index (χ0) is 18.2. The van der Waals surface area contributed by atoms with Gasteiger partial charge in [-0.2, -0.15) is 0 Å². The molecule has 6 heteroatoms. The number of likely N-dealkylation sites (N-methyl/N-ethyl adjacent to an activating group) is 2. The van der Waals surface area contributed by atoms with Crippen LogP contribution < -0.4 is 15.4 Å². The Hall–Kier alpha value is -1.79. The van der Waals surface area contributed by atoms with Gasteiger partial charge >= 0.3 is 6.03 Å². The van der Waals surface area contributed by atoms with E-state index in [1.54, 1.807) is 0 Å². The zero-order valence-corrected chi connectivity index (χ0v) is 15.9. The molecule has 0 aromatic heterocycles. The van der Waals surface area contributed by atoms with Crippen molar-refractivity contribution < 1.29 is 9.53 Å². The Morgan fingerprint density at radius 3 is 2.84 bits per heavy atom. The lowest BCUT2D eigenvalue weighted by Gasteiger charge is -2.37. The van der Waals surface area contributed by atoms with Gasteiger partial charge in [0.05, 0.1) is 6.61 Å². The fourth-order valence-corrected chi connectivity index (χ4v) is 2.79. The van der Waals surface area contributed by atoms with E-state index in [-0.39, 0.29) is 6.03 Å². The molecule has 1 aromatic rings. The first-order valence-corrected chi connectivity index (χ1v) is 9.06. The van der Waals surface area contributed by atoms with Gasteiger partial charge in [0.15, 0.2) is 0 Å². The second-order valence-corrected chi connectivity index (χ2v) is 7.31. The molecule has 140 valence electrons. The lowest BCUT2D eigenvalue weighted by atomic mass is 10.2. The average Bonchev–Trinajstić information content (AvgIpc) is 2.59. The maximum Gasteiger partial charge on any atom is 0.315 e. The van der Waals surface area contributed by atoms with Crippen molar-refractivity contribution in [1.82, 2.24) is 20.4 Å². The molecule has 0 spiro atoms. The molecular formula is C19H32N4O2. The van der Waals surface area contributed by atoms with E-state index in [2.05, 4.69) is 48.4 Å². The molecule has 2 rings (SSSR count). The molecule has 0 radical (unpaired) electrons. The van der Waals surface area contributed by atoms with Crippen molar-refractivity contribution in [1.29, 1.82) is 0 Å². The number of hydrogen-bond acceptors (Lipinski definition) is 4. The van der Waals surface area contributed by atoms with Gasteiger partial charge in [-0.25, -0.2) is 4.79 Å². The van der Waals surface area contributed by atoms with Gasteiger partial charge in [0.2, 0.25) is 0 Å². The van der Waals surface area contributed by atoms with Gasteiger partial charge in [-0.05, 0) is 37.7 Å². The fourth-order valence-electron chi connectivity index (χ4n) is 2.79. The number of piperazine rings is 1. The van der Waals surface area contributed by atoms with Gasteiger partial charge < -0.3 is 20.3 Å². The van der Waals surface area contributed by atoms with Crippen molar-refractivity contribution in [3.8, 4) is 5.75 Å². The van der Waals surface area contributed by atoms with Crippen LogP contribution in [0.4, 0.5) is 4.79 Å². The Labute approximate surface area is 151 Å². The molecule has 1 aromatic carbocycles. The van der Waals surface area contributed by atoms with Crippen LogP contribution in [0.25, 0.3) is 0 Å². The normalized spacial score (nSPS) is 19.0. The Balaban J connectivity index is 1.73. The van der Waals surface area contributed by atoms with Crippen molar-refractivity contribution in [2.75, 3.05) is 46.9 Å². The minimum atomic E-state index is -0.130. The first-order chi connectivity index (χ1) is 11.9. The summed E-state index contributed by atoms with van der Waals surface area (Å²) in [5.41, 5.74) is 1.03. The summed E-state index contributed by atoms with van der Waals surface area (Å²) >= 11 is 0. The molecule has 6 nitrogen and oxygen atoms in total. The van der Waals surface area contributed by atoms with Gasteiger partial charge in [0.25, 0.3) is 0 Å². The van der Waals surface area contributed by atoms with Crippen LogP contribution in [0.2, 0.25) is 0 Å². The molecule has 25 heavy (non-hydrogen) atoms. The maximum atomic E-state index is 12.1. The third kappa shape index (κ3) is 6.92. The van der Waals surface area contributed by atoms with Gasteiger partial charge in [-0.15, -0.1) is 0 Å². The van der Waals surface area contributed by atoms with Crippen molar-refractivity contribution in [3.05, 3.63) is 29.8 Å². The third-order valence-corrected chi connectivity index (χ3v) is 4.41. The largest absolute Gasteiger partial charge is 0.493 e. The lowest BCUT2D eigenvalue weighted by Crippen LogP contribution is -2.55. The van der Waals surface area contributed by atoms with Crippen LogP contribution in [0.15, 0.2) is 24.3 Å². The minimum absolute atomic E-state index is 0.130. The highest BCUT2D eigenvalue weighted by atomic mass is 16.5. The molecule has 2 N–H and O–H groups in total. The smallest absolute Gasteiger partial charge is 0.315 e. The highest BCUT2D eigenvalue weighted by Crippen LogP contribution is 2.14. The third-order valence-electron chi connectivity index (χ3n) is 4.41. The van der Waals surface area contributed by atoms with Crippen LogP contribution in [0, 0.1) is 5.92 Å². The minimum Gasteiger partial charge on any atom is -0.493 e. The molecular weight excluding hydrogens is 316 g/mol. The quantitative estimate of drug-likeness (QED) is 0.788. The van der Waals surface area contributed by atoms with E-state index in [1.807, 2.05) is 24.3 Å². The van der Waals surface area contributed by atoms with Crippen LogP contribution >= 0.6 is 0 Å². The first-order valence-electron chi connectivity index (χ1n) is 9.06. The predicted molar refractivity (Wildman–Crippen MR) is 101 cm³/mol. The predicted octanol–water partition coefficient (Wildman–Crippen LogP) is 1.77. The summed E-state index contributed by atoms with van der Waals surface area (Å²) in [4.78, 5) is 16.7. The zero-order valence-electron chi connectivity index (χ0n) is 15.9. The Bertz CT molecular complexity index is 550. The van der Waals surface area contributed by atoms with E-state index in [0.29, 0.717) is 31.7 Å². The summed E-state index contributed by atoms with van der Waals surface area (Å²) in [6.07, 6.45) is 0. The maximum absolute atomic E-state index is 12.1. The Kier molecular flexibility index (Phi) is 7.52. The number of carbonyl (C=O) groups is 1. The van der Waals surface area contributed by atoms with Crippen LogP contribution in [-0.4, -0.2) is 68.8 Å². The Morgan fingerprint density at radius 1 is 1.28 bits per heavy atom. The number of amides is 2. The highest BCUT2D eigenvalue weighted by molar-refractivity contribution is 5.73. The van der Waals surface area contributed by atoms with E-state index < -0.39 is 0 Å². The molecule has 1 aliphatic rings. The van der Waals surface area contributed by atoms with Crippen LogP contribution in [0.3, 0.4) is 0 Å². The summed E-state index contributed by atoms with van der Waals surface area (Å²) in [7, 11) is 4.23. The first kappa shape index (κ1) is 19.5. The van der Waals surface area contributed by atoms with Crippen LogP contribution in [0.5, 0.6) is 5.75 Å². The van der Waals surface area contributed by atoms with Crippen molar-refractivity contribution >= 4 is 6.03 Å². The van der Waals surface area contributed by atoms with E-state index in [4.69, 9.17) is 4.74 Å². The lowest BCUT2D eigenvalue weighted by molar-refractivity contribution is 0.114. The number of hydrogen-bond donors (Lipinski definition) is 2. The summed E-state index contributed by atoms with van der Waals surface area (Å²) in [6, 6.07) is 8.10. The standard InChI is InChI=1S/C19H32N4O2/c1-15(2)14-25-18-7-5-6-16(10-18)11-20-19(24)21-12-17-13-22(3)8-9-23(17)4/h5-7,10,15,17H,8-9,11-14H2,1-4H3,(H2,20,21,24). The summed E-state index contributed by atoms with van der Waals surface area (Å²) < 4.78 is 5.73. The van der Waals surface area contributed by atoms with Crippen molar-refractivity contribution in [2.24, 2.45) is 5.92 Å². The second kappa shape index (κ2) is 9.63. The molecule has 1 unspecified atom stereocenters. The fraction of sp³-hybridized carbons (Fsp3) is 0.632. The summed E-state index contributed by atoms with van der Waals surface area (Å²) in [5, 5.41) is 5.90. The van der Waals surface area contributed by atoms with Crippen LogP contribution in [0.1, 0.15) is 19.4 Å². The molecule has 1 fully saturated rings. The number of nitrogens with one attached hydrogen (secondary N) is 2. The van der Waals surface area contributed by atoms with Crippen LogP contribution in [-0.2, 0) is 6.54 Å². The van der Waals surface area contributed by atoms with Gasteiger partial charge in [0, 0.05) is 38.8 Å². The van der Waals surface area contributed by atoms with Gasteiger partial charge in [-0.1, -0.05) is 26.0 Å². The average molecular weight is 348 g/mol. The molecule has 2 amide bonds. The molecule has 1 aliphatic heterocycles. The van der Waals surface area contributed by atoms with Gasteiger partial charge in [-0.3, -0.25) is 4.90 Å². The monoisotopic (exact) mass is 348 g/mol. The summed E-state index contributed by atoms with van der Waals surface area (Å²) in [5.74, 6) is 1.34. The molecule has 1 atom stereocenters. The number of urea groups is 1. The molecule has 1 heterocycles. The highest BCUT2D eigenvalue weighted by Gasteiger charge is 2.22. The number of carbonyl (C=O) groups excluding carboxylic acids is 1. The van der Waals surface area contributed by atoms with Crippen molar-refractivity contribution in [3.63, 3.8) is 0 Å². The number of rotatable bonds is 7. The number of benzene rings is 1. The Morgan fingerprint density at radius 2 is 2.08 bits per heavy atom. The second-order valence-electron chi connectivity index (χ2n) is 7.31. The van der Waals surface area contributed by atoms with Crippen molar-refractivity contribution in [2.45, 2.75) is 26.4 Å². The molecule has 0 aliphatic carbocycles. The molecule has 0 bridgehead atoms. The molecule has 0 saturated carbocycles. The van der Waals surface area contributed by atoms with E-state index in [9.17, 15) is 4.79 Å². The van der Waals surface area contributed by atoms with E-state index in [0.717, 1.165) is 30.9 Å². The van der Waals surface area contributed by atoms with Gasteiger partial charge in [0.1, 0.15) is 5.75 Å². The van der Waals surface area contributed by atoms with E-state index in [1.165, 1.54) is 0 Å². The topological polar surface area (TPSA) is 56.8 Å². The summed E-state index contributed by atoms with van der Waals surface area (Å²) in [6.45, 7) is 9.18.